The second kappa shape index (κ2) is 11.6. The lowest BCUT2D eigenvalue weighted by atomic mass is 9.97. The zero-order chi connectivity index (χ0) is 26.6. The van der Waals surface area contributed by atoms with Gasteiger partial charge >= 0.3 is 0 Å². The first-order valence-corrected chi connectivity index (χ1v) is 14.4. The van der Waals surface area contributed by atoms with E-state index in [0.717, 1.165) is 73.6 Å². The molecule has 0 bridgehead atoms. The van der Waals surface area contributed by atoms with E-state index in [1.54, 1.807) is 11.8 Å². The molecule has 5 aromatic rings. The second-order valence-electron chi connectivity index (χ2n) is 9.59. The van der Waals surface area contributed by atoms with Crippen molar-refractivity contribution in [3.8, 4) is 0 Å². The zero-order valence-electron chi connectivity index (χ0n) is 21.7. The third-order valence-electron chi connectivity index (χ3n) is 6.92. The standard InChI is InChI=1S/C33H30ClNO2S/c1-3-18-35-30-16-10-23(32(36)9-6-19-38-26-14-12-25(34)13-15-26)20-28(30)29-21-24(11-17-31(29)35)33(37)27-8-5-4-7-22(27)2/h4-5,7-8,10-17,20-21H,3,6,9,18-19H2,1-2H3. The van der Waals surface area contributed by atoms with Gasteiger partial charge in [0, 0.05) is 61.4 Å². The van der Waals surface area contributed by atoms with Crippen molar-refractivity contribution in [2.45, 2.75) is 44.6 Å². The fourth-order valence-corrected chi connectivity index (χ4v) is 5.94. The molecule has 3 nitrogen and oxygen atoms in total. The minimum atomic E-state index is 0.0202. The molecular weight excluding hydrogens is 510 g/mol. The molecule has 0 radical (unpaired) electrons. The van der Waals surface area contributed by atoms with Crippen LogP contribution in [0.3, 0.4) is 0 Å². The summed E-state index contributed by atoms with van der Waals surface area (Å²) in [4.78, 5) is 27.6. The highest BCUT2D eigenvalue weighted by Gasteiger charge is 2.17. The number of carbonyl (C=O) groups excluding carboxylic acids is 2. The average Bonchev–Trinajstić information content (AvgIpc) is 3.24. The van der Waals surface area contributed by atoms with Gasteiger partial charge in [0.1, 0.15) is 0 Å². The topological polar surface area (TPSA) is 39.1 Å². The summed E-state index contributed by atoms with van der Waals surface area (Å²) in [6, 6.07) is 27.5. The maximum atomic E-state index is 13.4. The summed E-state index contributed by atoms with van der Waals surface area (Å²) in [5.41, 5.74) is 5.26. The molecule has 0 atom stereocenters. The Hall–Kier alpha value is -3.34. The molecule has 1 heterocycles. The van der Waals surface area contributed by atoms with E-state index in [1.807, 2.05) is 85.8 Å². The normalized spacial score (nSPS) is 11.3. The summed E-state index contributed by atoms with van der Waals surface area (Å²) in [6.07, 6.45) is 2.29. The predicted octanol–water partition coefficient (Wildman–Crippen LogP) is 9.15. The van der Waals surface area contributed by atoms with Crippen LogP contribution in [0.15, 0.2) is 89.8 Å². The number of aryl methyl sites for hydroxylation is 2. The molecule has 0 fully saturated rings. The zero-order valence-corrected chi connectivity index (χ0v) is 23.2. The SMILES string of the molecule is CCCn1c2ccc(C(=O)CCCSc3ccc(Cl)cc3)cc2c2cc(C(=O)c3ccccc3C)ccc21. The van der Waals surface area contributed by atoms with E-state index in [0.29, 0.717) is 12.0 Å². The van der Waals surface area contributed by atoms with Crippen molar-refractivity contribution in [1.29, 1.82) is 0 Å². The fourth-order valence-electron chi connectivity index (χ4n) is 4.96. The highest BCUT2D eigenvalue weighted by atomic mass is 35.5. The summed E-state index contributed by atoms with van der Waals surface area (Å²) in [5.74, 6) is 1.04. The van der Waals surface area contributed by atoms with E-state index in [-0.39, 0.29) is 11.6 Å². The first-order chi connectivity index (χ1) is 18.5. The van der Waals surface area contributed by atoms with Gasteiger partial charge in [-0.1, -0.05) is 42.8 Å². The third-order valence-corrected chi connectivity index (χ3v) is 8.27. The maximum Gasteiger partial charge on any atom is 0.193 e. The molecule has 0 unspecified atom stereocenters. The van der Waals surface area contributed by atoms with E-state index in [1.165, 1.54) is 0 Å². The summed E-state index contributed by atoms with van der Waals surface area (Å²) in [6.45, 7) is 5.00. The number of hydrogen-bond donors (Lipinski definition) is 0. The Balaban J connectivity index is 1.42. The fraction of sp³-hybridized carbons (Fsp3) is 0.212. The average molecular weight is 540 g/mol. The van der Waals surface area contributed by atoms with E-state index in [2.05, 4.69) is 17.6 Å². The van der Waals surface area contributed by atoms with Gasteiger partial charge in [-0.25, -0.2) is 0 Å². The van der Waals surface area contributed by atoms with Gasteiger partial charge in [0.05, 0.1) is 0 Å². The largest absolute Gasteiger partial charge is 0.340 e. The Kier molecular flexibility index (Phi) is 8.01. The highest BCUT2D eigenvalue weighted by molar-refractivity contribution is 7.99. The minimum Gasteiger partial charge on any atom is -0.340 e. The van der Waals surface area contributed by atoms with Crippen molar-refractivity contribution < 1.29 is 9.59 Å². The first-order valence-electron chi connectivity index (χ1n) is 13.0. The molecule has 0 saturated heterocycles. The van der Waals surface area contributed by atoms with Crippen molar-refractivity contribution in [3.05, 3.63) is 112 Å². The van der Waals surface area contributed by atoms with Gasteiger partial charge in [-0.15, -0.1) is 11.8 Å². The molecular formula is C33H30ClNO2S. The quantitative estimate of drug-likeness (QED) is 0.101. The molecule has 0 saturated carbocycles. The number of Topliss-reactive ketones (excluding diaryl/α,β-unsaturated/α-hetero) is 1. The van der Waals surface area contributed by atoms with Crippen LogP contribution >= 0.6 is 23.4 Å². The smallest absolute Gasteiger partial charge is 0.193 e. The molecule has 192 valence electrons. The molecule has 0 aliphatic heterocycles. The van der Waals surface area contributed by atoms with Gasteiger partial charge < -0.3 is 4.57 Å². The number of nitrogens with zero attached hydrogens (tertiary/aromatic N) is 1. The van der Waals surface area contributed by atoms with Gasteiger partial charge in [0.2, 0.25) is 0 Å². The predicted molar refractivity (Wildman–Crippen MR) is 160 cm³/mol. The number of fused-ring (bicyclic) bond motifs is 3. The molecule has 5 heteroatoms. The molecule has 0 N–H and O–H groups in total. The first kappa shape index (κ1) is 26.3. The van der Waals surface area contributed by atoms with Crippen LogP contribution in [-0.4, -0.2) is 21.9 Å². The monoisotopic (exact) mass is 539 g/mol. The Morgan fingerprint density at radius 1 is 0.842 bits per heavy atom. The lowest BCUT2D eigenvalue weighted by Gasteiger charge is -2.07. The number of ketones is 2. The summed E-state index contributed by atoms with van der Waals surface area (Å²) >= 11 is 7.70. The van der Waals surface area contributed by atoms with Gasteiger partial charge in [-0.3, -0.25) is 9.59 Å². The Morgan fingerprint density at radius 3 is 2.18 bits per heavy atom. The molecule has 0 aliphatic rings. The van der Waals surface area contributed by atoms with Crippen LogP contribution in [0.1, 0.15) is 58.0 Å². The second-order valence-corrected chi connectivity index (χ2v) is 11.2. The minimum absolute atomic E-state index is 0.0202. The maximum absolute atomic E-state index is 13.4. The van der Waals surface area contributed by atoms with Crippen LogP contribution in [0.2, 0.25) is 5.02 Å². The lowest BCUT2D eigenvalue weighted by Crippen LogP contribution is -2.03. The van der Waals surface area contributed by atoms with Crippen LogP contribution in [-0.2, 0) is 6.54 Å². The summed E-state index contributed by atoms with van der Waals surface area (Å²) in [7, 11) is 0. The van der Waals surface area contributed by atoms with Crippen LogP contribution in [0.25, 0.3) is 21.8 Å². The van der Waals surface area contributed by atoms with Gasteiger partial charge in [-0.05, 0) is 91.7 Å². The molecule has 38 heavy (non-hydrogen) atoms. The number of aromatic nitrogens is 1. The van der Waals surface area contributed by atoms with Crippen LogP contribution in [0, 0.1) is 6.92 Å². The van der Waals surface area contributed by atoms with E-state index < -0.39 is 0 Å². The number of rotatable bonds is 10. The summed E-state index contributed by atoms with van der Waals surface area (Å²) < 4.78 is 2.30. The van der Waals surface area contributed by atoms with Crippen molar-refractivity contribution in [2.24, 2.45) is 0 Å². The highest BCUT2D eigenvalue weighted by Crippen LogP contribution is 2.32. The van der Waals surface area contributed by atoms with Crippen molar-refractivity contribution in [3.63, 3.8) is 0 Å². The van der Waals surface area contributed by atoms with Crippen molar-refractivity contribution in [2.75, 3.05) is 5.75 Å². The Bertz CT molecular complexity index is 1640. The number of hydrogen-bond acceptors (Lipinski definition) is 3. The van der Waals surface area contributed by atoms with Gasteiger partial charge in [0.25, 0.3) is 0 Å². The number of carbonyl (C=O) groups is 2. The van der Waals surface area contributed by atoms with Crippen LogP contribution in [0.5, 0.6) is 0 Å². The van der Waals surface area contributed by atoms with Crippen LogP contribution < -0.4 is 0 Å². The molecule has 4 aromatic carbocycles. The molecule has 0 amide bonds. The molecule has 1 aromatic heterocycles. The number of benzene rings is 4. The number of thioether (sulfide) groups is 1. The van der Waals surface area contributed by atoms with E-state index in [4.69, 9.17) is 11.6 Å². The third kappa shape index (κ3) is 5.43. The Labute approximate surface area is 232 Å². The number of halogens is 1. The molecule has 5 rings (SSSR count). The van der Waals surface area contributed by atoms with Gasteiger partial charge in [-0.2, -0.15) is 0 Å². The van der Waals surface area contributed by atoms with Crippen molar-refractivity contribution >= 4 is 56.7 Å². The van der Waals surface area contributed by atoms with Crippen LogP contribution in [0.4, 0.5) is 0 Å². The van der Waals surface area contributed by atoms with E-state index >= 15 is 0 Å². The summed E-state index contributed by atoms with van der Waals surface area (Å²) in [5, 5.41) is 2.77. The molecule has 0 aliphatic carbocycles. The van der Waals surface area contributed by atoms with E-state index in [9.17, 15) is 9.59 Å². The molecule has 0 spiro atoms. The van der Waals surface area contributed by atoms with Crippen molar-refractivity contribution in [1.82, 2.24) is 4.57 Å². The lowest BCUT2D eigenvalue weighted by molar-refractivity contribution is 0.0981. The van der Waals surface area contributed by atoms with Gasteiger partial charge in [0.15, 0.2) is 11.6 Å². The Morgan fingerprint density at radius 2 is 1.50 bits per heavy atom.